The Hall–Kier alpha value is -4.15. The average Bonchev–Trinajstić information content (AvgIpc) is 3.69. The molecular formula is C52H90N6O11. The van der Waals surface area contributed by atoms with Crippen LogP contribution in [-0.2, 0) is 38.2 Å². The Kier molecular flexibility index (Phi) is 17.5. The molecule has 6 amide bonds. The van der Waals surface area contributed by atoms with Gasteiger partial charge in [0.2, 0.25) is 23.6 Å². The van der Waals surface area contributed by atoms with Gasteiger partial charge in [0.05, 0.1) is 13.2 Å². The quantitative estimate of drug-likeness (QED) is 0.0992. The summed E-state index contributed by atoms with van der Waals surface area (Å²) in [5.74, 6) is -1.15. The number of alkyl carbamates (subject to hydrolysis) is 2. The van der Waals surface area contributed by atoms with Gasteiger partial charge in [-0.1, -0.05) is 92.9 Å². The minimum atomic E-state index is -1.49. The highest BCUT2D eigenvalue weighted by Crippen LogP contribution is 2.66. The molecule has 10 atom stereocenters. The number of esters is 1. The second-order valence-corrected chi connectivity index (χ2v) is 24.3. The Morgan fingerprint density at radius 2 is 1.06 bits per heavy atom. The van der Waals surface area contributed by atoms with Crippen molar-refractivity contribution in [2.45, 2.75) is 214 Å². The fourth-order valence-corrected chi connectivity index (χ4v) is 12.5. The third-order valence-corrected chi connectivity index (χ3v) is 16.6. The number of aliphatic hydroxyl groups is 1. The van der Waals surface area contributed by atoms with E-state index in [2.05, 4.69) is 43.6 Å². The van der Waals surface area contributed by atoms with Crippen molar-refractivity contribution in [3.63, 3.8) is 0 Å². The first-order valence-corrected chi connectivity index (χ1v) is 25.6. The van der Waals surface area contributed by atoms with Crippen LogP contribution in [0.3, 0.4) is 0 Å². The van der Waals surface area contributed by atoms with Crippen molar-refractivity contribution in [1.82, 2.24) is 25.8 Å². The molecule has 7 fully saturated rings. The van der Waals surface area contributed by atoms with Crippen LogP contribution in [-0.4, -0.2) is 124 Å². The molecule has 394 valence electrons. The minimum Gasteiger partial charge on any atom is -0.467 e. The number of likely N-dealkylation sites (tertiary alicyclic amines) is 2. The summed E-state index contributed by atoms with van der Waals surface area (Å²) in [5.41, 5.74) is 3.99. The Morgan fingerprint density at radius 3 is 1.42 bits per heavy atom. The molecule has 0 spiro atoms. The molecule has 0 aromatic rings. The molecule has 7 rings (SSSR count). The van der Waals surface area contributed by atoms with E-state index in [1.807, 2.05) is 0 Å². The van der Waals surface area contributed by atoms with E-state index < -0.39 is 65.6 Å². The van der Waals surface area contributed by atoms with E-state index in [4.69, 9.17) is 19.9 Å². The van der Waals surface area contributed by atoms with Gasteiger partial charge in [0.15, 0.2) is 6.10 Å². The molecule has 2 unspecified atom stereocenters. The molecule has 69 heavy (non-hydrogen) atoms. The number of hydrogen-bond acceptors (Lipinski definition) is 11. The van der Waals surface area contributed by atoms with Crippen LogP contribution in [0.4, 0.5) is 9.59 Å². The summed E-state index contributed by atoms with van der Waals surface area (Å²) in [4.78, 5) is 94.5. The van der Waals surface area contributed by atoms with Crippen molar-refractivity contribution in [3.05, 3.63) is 0 Å². The molecule has 17 heteroatoms. The number of nitrogens with two attached hydrogens (primary N) is 1. The topological polar surface area (TPSA) is 236 Å². The number of ether oxygens (including phenoxy) is 3. The number of nitrogens with one attached hydrogen (secondary N) is 3. The van der Waals surface area contributed by atoms with Crippen LogP contribution in [0.15, 0.2) is 0 Å². The van der Waals surface area contributed by atoms with Crippen LogP contribution in [0.5, 0.6) is 0 Å². The van der Waals surface area contributed by atoms with Crippen LogP contribution >= 0.6 is 0 Å². The number of fused-ring (bicyclic) bond motifs is 2. The lowest BCUT2D eigenvalue weighted by atomic mass is 9.79. The summed E-state index contributed by atoms with van der Waals surface area (Å²) in [7, 11) is 1.37. The molecular weight excluding hydrogens is 885 g/mol. The maximum Gasteiger partial charge on any atom is 0.408 e. The molecule has 0 aromatic carbocycles. The monoisotopic (exact) mass is 975 g/mol. The second kappa shape index (κ2) is 21.7. The highest BCUT2D eigenvalue weighted by atomic mass is 16.6. The molecule has 2 heterocycles. The van der Waals surface area contributed by atoms with Crippen LogP contribution in [0.2, 0.25) is 0 Å². The molecule has 2 aliphatic heterocycles. The highest BCUT2D eigenvalue weighted by Gasteiger charge is 2.71. The molecule has 6 N–H and O–H groups in total. The number of carbonyl (C=O) groups excluding carboxylic acids is 7. The number of methoxy groups -OCH3 is 1. The van der Waals surface area contributed by atoms with Crippen molar-refractivity contribution in [1.29, 1.82) is 0 Å². The summed E-state index contributed by atoms with van der Waals surface area (Å²) in [6.45, 7) is 20.2. The zero-order valence-electron chi connectivity index (χ0n) is 42.8. The third kappa shape index (κ3) is 12.9. The van der Waals surface area contributed by atoms with Crippen LogP contribution < -0.4 is 21.7 Å². The van der Waals surface area contributed by atoms with E-state index in [9.17, 15) is 38.7 Å². The largest absolute Gasteiger partial charge is 0.467 e. The van der Waals surface area contributed by atoms with E-state index in [0.29, 0.717) is 31.3 Å². The maximum atomic E-state index is 14.2. The third-order valence-electron chi connectivity index (χ3n) is 16.6. The maximum absolute atomic E-state index is 14.2. The molecule has 0 aromatic heterocycles. The first-order chi connectivity index (χ1) is 31.7. The zero-order chi connectivity index (χ0) is 50.3. The Labute approximate surface area is 413 Å². The molecule has 0 bridgehead atoms. The second-order valence-electron chi connectivity index (χ2n) is 24.3. The van der Waals surface area contributed by atoms with Gasteiger partial charge >= 0.3 is 18.2 Å². The van der Waals surface area contributed by atoms with Crippen molar-refractivity contribution >= 4 is 41.8 Å². The fraction of sp³-hybridized carbons (Fsp3) is 0.865. The van der Waals surface area contributed by atoms with Gasteiger partial charge in [0.1, 0.15) is 35.4 Å². The molecule has 2 saturated heterocycles. The van der Waals surface area contributed by atoms with Crippen molar-refractivity contribution in [2.24, 2.45) is 58.0 Å². The molecule has 5 saturated carbocycles. The van der Waals surface area contributed by atoms with Gasteiger partial charge in [0, 0.05) is 20.4 Å². The van der Waals surface area contributed by atoms with Crippen LogP contribution in [0.1, 0.15) is 168 Å². The Morgan fingerprint density at radius 1 is 0.652 bits per heavy atom. The Bertz CT molecular complexity index is 1880. The standard InChI is InChI=1S/C29H48N4O6.C22H36N2O5.CH4.H2/c1-28(2,3)39-27(38)32-21(17-12-7-6-8-13-17)26(37)33-15-18-20(29(18,4)5)22(33)25(36)31-19(23(34)24(30)35)14-16-10-9-11-16;1-21(2,3)29-20(27)23-16(13-10-8-7-9-11-13)18(25)24-12-14-15(22(14,4)5)17(24)19(26)28-6;;/h16-23,34H,6-15H2,1-5H3,(H2,30,35)(H,31,36)(H,32,38);13-17H,7-12H2,1-6H3,(H,23,27);1H4;1H/t18-,19?,20-,21-,22-,23?;14-,15-,16-,17-;;/m00../s1. The summed E-state index contributed by atoms with van der Waals surface area (Å²) < 4.78 is 15.9. The number of aliphatic hydroxyl groups excluding tert-OH is 1. The number of amides is 6. The molecule has 0 radical (unpaired) electrons. The summed E-state index contributed by atoms with van der Waals surface area (Å²) in [6, 6.07) is -3.56. The number of hydrogen-bond donors (Lipinski definition) is 5. The van der Waals surface area contributed by atoms with E-state index >= 15 is 0 Å². The van der Waals surface area contributed by atoms with Gasteiger partial charge in [-0.25, -0.2) is 14.4 Å². The number of piperidine rings is 2. The number of carbonyl (C=O) groups is 7. The lowest BCUT2D eigenvalue weighted by Gasteiger charge is -2.38. The number of primary amides is 1. The lowest BCUT2D eigenvalue weighted by Crippen LogP contribution is -2.60. The van der Waals surface area contributed by atoms with E-state index in [1.54, 1.807) is 51.3 Å². The van der Waals surface area contributed by atoms with Gasteiger partial charge in [-0.3, -0.25) is 19.2 Å². The number of rotatable bonds is 13. The molecule has 17 nitrogen and oxygen atoms in total. The number of nitrogens with zero attached hydrogens (tertiary/aromatic N) is 2. The van der Waals surface area contributed by atoms with Crippen molar-refractivity contribution in [3.8, 4) is 0 Å². The predicted octanol–water partition coefficient (Wildman–Crippen LogP) is 6.46. The van der Waals surface area contributed by atoms with Gasteiger partial charge < -0.3 is 50.8 Å². The van der Waals surface area contributed by atoms with Crippen LogP contribution in [0, 0.1) is 52.3 Å². The first kappa shape index (κ1) is 55.8. The smallest absolute Gasteiger partial charge is 0.408 e. The zero-order valence-corrected chi connectivity index (χ0v) is 42.8. The summed E-state index contributed by atoms with van der Waals surface area (Å²) in [5, 5.41) is 19.1. The predicted molar refractivity (Wildman–Crippen MR) is 262 cm³/mol. The van der Waals surface area contributed by atoms with Crippen molar-refractivity contribution < 1.29 is 54.3 Å². The summed E-state index contributed by atoms with van der Waals surface area (Å²) >= 11 is 0. The normalized spacial score (nSPS) is 28.8. The van der Waals surface area contributed by atoms with Gasteiger partial charge in [-0.05, 0) is 120 Å². The van der Waals surface area contributed by atoms with Gasteiger partial charge in [-0.15, -0.1) is 0 Å². The highest BCUT2D eigenvalue weighted by molar-refractivity contribution is 5.94. The van der Waals surface area contributed by atoms with Gasteiger partial charge in [0.25, 0.3) is 0 Å². The minimum absolute atomic E-state index is 0. The molecule has 7 aliphatic rings. The van der Waals surface area contributed by atoms with E-state index in [0.717, 1.165) is 83.5 Å². The average molecular weight is 975 g/mol. The van der Waals surface area contributed by atoms with Crippen LogP contribution in [0.25, 0.3) is 0 Å². The SMILES string of the molecule is C.CC(C)(C)OC(=O)N[C@H](C(=O)N1C[C@H]2[C@@H]([C@H]1C(=O)NC(CC1CCC1)C(O)C(N)=O)C2(C)C)C1CCCCC1.COC(=O)[C@@H]1[C@@H]2[C@H](CN1C(=O)[C@@H](NC(=O)OC(C)(C)C)C1CCCCC1)C2(C)C.[HH]. The van der Waals surface area contributed by atoms with E-state index in [-0.39, 0.29) is 73.0 Å². The van der Waals surface area contributed by atoms with E-state index in [1.165, 1.54) is 7.11 Å². The summed E-state index contributed by atoms with van der Waals surface area (Å²) in [6.07, 6.45) is 10.6. The Balaban J connectivity index is 0.000000308. The van der Waals surface area contributed by atoms with Crippen molar-refractivity contribution in [2.75, 3.05) is 20.2 Å². The fourth-order valence-electron chi connectivity index (χ4n) is 12.5. The van der Waals surface area contributed by atoms with Gasteiger partial charge in [-0.2, -0.15) is 0 Å². The molecule has 5 aliphatic carbocycles. The first-order valence-electron chi connectivity index (χ1n) is 25.6. The lowest BCUT2D eigenvalue weighted by molar-refractivity contribution is -0.154.